The molecule has 8 heteroatoms. The minimum Gasteiger partial charge on any atom is -0.423 e. The molecule has 0 radical (unpaired) electrons. The van der Waals surface area contributed by atoms with Crippen LogP contribution in [0.5, 0.6) is 0 Å². The molecule has 0 saturated carbocycles. The maximum absolute atomic E-state index is 12.4. The molecule has 26 heavy (non-hydrogen) atoms. The number of halogens is 2. The van der Waals surface area contributed by atoms with Crippen molar-refractivity contribution in [2.45, 2.75) is 44.2 Å². The summed E-state index contributed by atoms with van der Waals surface area (Å²) in [5, 5.41) is 6.64. The van der Waals surface area contributed by atoms with E-state index in [1.54, 1.807) is 0 Å². The zero-order valence-corrected chi connectivity index (χ0v) is 16.7. The third-order valence-electron chi connectivity index (χ3n) is 5.09. The number of nitrogens with one attached hydrogen (secondary N) is 2. The molecule has 1 amide bonds. The van der Waals surface area contributed by atoms with Gasteiger partial charge in [-0.05, 0) is 49.8 Å². The van der Waals surface area contributed by atoms with E-state index in [2.05, 4.69) is 15.6 Å². The lowest BCUT2D eigenvalue weighted by Gasteiger charge is -2.28. The molecule has 2 aromatic rings. The Balaban J connectivity index is 0.00000121. The third-order valence-corrected chi connectivity index (χ3v) is 5.09. The summed E-state index contributed by atoms with van der Waals surface area (Å²) < 4.78 is 5.64. The summed E-state index contributed by atoms with van der Waals surface area (Å²) in [6.45, 7) is 0. The molecular formula is C18H26Cl2N4O2. The molecule has 2 unspecified atom stereocenters. The topological polar surface area (TPSA) is 70.4 Å². The molecule has 1 aromatic heterocycles. The van der Waals surface area contributed by atoms with E-state index in [0.717, 1.165) is 29.6 Å². The van der Waals surface area contributed by atoms with E-state index in [9.17, 15) is 4.79 Å². The molecule has 2 fully saturated rings. The van der Waals surface area contributed by atoms with Gasteiger partial charge in [0, 0.05) is 38.3 Å². The standard InChI is InChI=1S/C18H24N4O2.2ClH/c1-22(2)18-21-15-10-14(5-6-16(15)24-18)20-17(23)9-11-7-12-3-4-13(8-11)19-12;;/h5-6,10-13,19H,3-4,7-9H2,1-2H3,(H,20,23);2*1H. The van der Waals surface area contributed by atoms with E-state index >= 15 is 0 Å². The Morgan fingerprint density at radius 3 is 2.62 bits per heavy atom. The fourth-order valence-corrected chi connectivity index (χ4v) is 4.00. The molecule has 2 N–H and O–H groups in total. The van der Waals surface area contributed by atoms with Gasteiger partial charge in [-0.3, -0.25) is 4.79 Å². The van der Waals surface area contributed by atoms with Crippen LogP contribution in [0.3, 0.4) is 0 Å². The summed E-state index contributed by atoms with van der Waals surface area (Å²) >= 11 is 0. The van der Waals surface area contributed by atoms with Crippen molar-refractivity contribution in [2.24, 2.45) is 5.92 Å². The number of aromatic nitrogens is 1. The Morgan fingerprint density at radius 1 is 1.27 bits per heavy atom. The highest BCUT2D eigenvalue weighted by molar-refractivity contribution is 5.93. The lowest BCUT2D eigenvalue weighted by Crippen LogP contribution is -2.39. The van der Waals surface area contributed by atoms with Crippen molar-refractivity contribution in [3.05, 3.63) is 18.2 Å². The first-order valence-electron chi connectivity index (χ1n) is 8.70. The van der Waals surface area contributed by atoms with Crippen molar-refractivity contribution in [2.75, 3.05) is 24.3 Å². The van der Waals surface area contributed by atoms with Crippen molar-refractivity contribution in [1.29, 1.82) is 0 Å². The Kier molecular flexibility index (Phi) is 6.77. The van der Waals surface area contributed by atoms with Crippen LogP contribution in [0.15, 0.2) is 22.6 Å². The molecule has 6 nitrogen and oxygen atoms in total. The number of hydrogen-bond donors (Lipinski definition) is 2. The predicted molar refractivity (Wildman–Crippen MR) is 109 cm³/mol. The van der Waals surface area contributed by atoms with Gasteiger partial charge in [-0.15, -0.1) is 24.8 Å². The lowest BCUT2D eigenvalue weighted by molar-refractivity contribution is -0.117. The van der Waals surface area contributed by atoms with Gasteiger partial charge < -0.3 is 20.0 Å². The summed E-state index contributed by atoms with van der Waals surface area (Å²) in [6, 6.07) is 7.41. The van der Waals surface area contributed by atoms with E-state index in [4.69, 9.17) is 4.42 Å². The van der Waals surface area contributed by atoms with E-state index in [-0.39, 0.29) is 30.7 Å². The first-order chi connectivity index (χ1) is 11.6. The number of rotatable bonds is 4. The van der Waals surface area contributed by atoms with Crippen LogP contribution in [0.1, 0.15) is 32.1 Å². The van der Waals surface area contributed by atoms with Crippen molar-refractivity contribution in [1.82, 2.24) is 10.3 Å². The lowest BCUT2D eigenvalue weighted by atomic mass is 9.89. The number of fused-ring (bicyclic) bond motifs is 3. The summed E-state index contributed by atoms with van der Waals surface area (Å²) in [6.07, 6.45) is 5.38. The second-order valence-corrected chi connectivity index (χ2v) is 7.30. The zero-order valence-electron chi connectivity index (χ0n) is 15.0. The average molecular weight is 401 g/mol. The van der Waals surface area contributed by atoms with E-state index < -0.39 is 0 Å². The Bertz CT molecular complexity index is 753. The number of amides is 1. The highest BCUT2D eigenvalue weighted by atomic mass is 35.5. The number of carbonyl (C=O) groups is 1. The van der Waals surface area contributed by atoms with Gasteiger partial charge in [-0.25, -0.2) is 0 Å². The maximum atomic E-state index is 12.4. The predicted octanol–water partition coefficient (Wildman–Crippen LogP) is 3.60. The summed E-state index contributed by atoms with van der Waals surface area (Å²) in [7, 11) is 3.78. The van der Waals surface area contributed by atoms with Crippen molar-refractivity contribution < 1.29 is 9.21 Å². The minimum absolute atomic E-state index is 0. The molecule has 144 valence electrons. The molecule has 1 aromatic carbocycles. The van der Waals surface area contributed by atoms with Crippen LogP contribution >= 0.6 is 24.8 Å². The van der Waals surface area contributed by atoms with Crippen LogP contribution in [-0.2, 0) is 4.79 Å². The number of benzene rings is 1. The van der Waals surface area contributed by atoms with Gasteiger partial charge in [0.25, 0.3) is 6.01 Å². The Hall–Kier alpha value is -1.50. The largest absolute Gasteiger partial charge is 0.423 e. The van der Waals surface area contributed by atoms with Crippen LogP contribution in [-0.4, -0.2) is 37.1 Å². The average Bonchev–Trinajstić information content (AvgIpc) is 3.10. The van der Waals surface area contributed by atoms with Gasteiger partial charge in [0.2, 0.25) is 5.91 Å². The molecule has 0 spiro atoms. The van der Waals surface area contributed by atoms with E-state index in [1.807, 2.05) is 37.2 Å². The number of anilines is 2. The fraction of sp³-hybridized carbons (Fsp3) is 0.556. The van der Waals surface area contributed by atoms with Crippen molar-refractivity contribution in [3.63, 3.8) is 0 Å². The fourth-order valence-electron chi connectivity index (χ4n) is 4.00. The zero-order chi connectivity index (χ0) is 16.7. The molecule has 2 saturated heterocycles. The molecule has 4 rings (SSSR count). The van der Waals surface area contributed by atoms with Crippen LogP contribution in [0, 0.1) is 5.92 Å². The third kappa shape index (κ3) is 4.42. The van der Waals surface area contributed by atoms with Gasteiger partial charge in [0.1, 0.15) is 5.52 Å². The molecule has 0 aliphatic carbocycles. The van der Waals surface area contributed by atoms with E-state index in [0.29, 0.717) is 30.4 Å². The quantitative estimate of drug-likeness (QED) is 0.820. The summed E-state index contributed by atoms with van der Waals surface area (Å²) in [5.74, 6) is 0.594. The highest BCUT2D eigenvalue weighted by Gasteiger charge is 2.34. The molecule has 2 atom stereocenters. The SMILES string of the molecule is CN(C)c1nc2cc(NC(=O)CC3CC4CCC(C3)N4)ccc2o1.Cl.Cl. The summed E-state index contributed by atoms with van der Waals surface area (Å²) in [4.78, 5) is 18.6. The van der Waals surface area contributed by atoms with Crippen LogP contribution in [0.2, 0.25) is 0 Å². The molecular weight excluding hydrogens is 375 g/mol. The monoisotopic (exact) mass is 400 g/mol. The Labute approximate surface area is 165 Å². The van der Waals surface area contributed by atoms with Crippen LogP contribution in [0.4, 0.5) is 11.7 Å². The Morgan fingerprint density at radius 2 is 1.96 bits per heavy atom. The number of hydrogen-bond acceptors (Lipinski definition) is 5. The van der Waals surface area contributed by atoms with Crippen molar-refractivity contribution >= 4 is 53.5 Å². The maximum Gasteiger partial charge on any atom is 0.297 e. The molecule has 2 bridgehead atoms. The van der Waals surface area contributed by atoms with Crippen molar-refractivity contribution in [3.8, 4) is 0 Å². The minimum atomic E-state index is 0. The van der Waals surface area contributed by atoms with Gasteiger partial charge in [0.15, 0.2) is 5.58 Å². The molecule has 2 aliphatic heterocycles. The first kappa shape index (κ1) is 20.8. The van der Waals surface area contributed by atoms with Gasteiger partial charge in [-0.2, -0.15) is 4.98 Å². The number of carbonyl (C=O) groups excluding carboxylic acids is 1. The second-order valence-electron chi connectivity index (χ2n) is 7.30. The van der Waals surface area contributed by atoms with Gasteiger partial charge in [-0.1, -0.05) is 0 Å². The number of piperidine rings is 1. The van der Waals surface area contributed by atoms with Crippen LogP contribution < -0.4 is 15.5 Å². The number of oxazole rings is 1. The smallest absolute Gasteiger partial charge is 0.297 e. The van der Waals surface area contributed by atoms with Gasteiger partial charge >= 0.3 is 0 Å². The molecule has 2 aliphatic rings. The summed E-state index contributed by atoms with van der Waals surface area (Å²) in [5.41, 5.74) is 2.27. The first-order valence-corrected chi connectivity index (χ1v) is 8.70. The second kappa shape index (κ2) is 8.46. The van der Waals surface area contributed by atoms with Crippen LogP contribution in [0.25, 0.3) is 11.1 Å². The molecule has 3 heterocycles. The van der Waals surface area contributed by atoms with Gasteiger partial charge in [0.05, 0.1) is 0 Å². The number of nitrogens with zero attached hydrogens (tertiary/aromatic N) is 2. The highest BCUT2D eigenvalue weighted by Crippen LogP contribution is 2.33. The normalized spacial score (nSPS) is 23.8. The van der Waals surface area contributed by atoms with E-state index in [1.165, 1.54) is 12.8 Å².